The maximum Gasteiger partial charge on any atom is 0.325 e. The van der Waals surface area contributed by atoms with Crippen LogP contribution in [0.1, 0.15) is 90.5 Å². The number of primary amides is 1. The summed E-state index contributed by atoms with van der Waals surface area (Å²) in [6, 6.07) is 0.316. The molecule has 0 aromatic heterocycles. The first kappa shape index (κ1) is 53.2. The molecule has 7 amide bonds. The fraction of sp³-hybridized carbons (Fsp3) is 0.625. The van der Waals surface area contributed by atoms with Crippen LogP contribution in [0.15, 0.2) is 35.3 Å². The number of nitrogens with zero attached hydrogens (tertiary/aromatic N) is 1. The number of aliphatic imine (C=N–C) groups is 1. The Kier molecular flexibility index (Phi) is 22.4. The highest BCUT2D eigenvalue weighted by molar-refractivity contribution is 5.97. The molecule has 2 rings (SSSR count). The number of rotatable bonds is 29. The number of hydrogen-bond acceptors (Lipinski definition) is 13. The zero-order chi connectivity index (χ0) is 47.4. The quantitative estimate of drug-likeness (QED) is 0.0206. The van der Waals surface area contributed by atoms with Crippen LogP contribution in [0, 0.1) is 0 Å². The molecule has 0 spiro atoms. The molecule has 0 saturated heterocycles. The number of nitrogens with one attached hydrogen (secondary N) is 7. The normalized spacial score (nSPS) is 18.5. The number of aliphatic hydroxyl groups excluding tert-OH is 2. The molecule has 23 nitrogen and oxygen atoms in total. The van der Waals surface area contributed by atoms with E-state index in [4.69, 9.17) is 22.9 Å². The molecule has 1 aliphatic rings. The zero-order valence-corrected chi connectivity index (χ0v) is 36.2. The lowest BCUT2D eigenvalue weighted by atomic mass is 10.0. The summed E-state index contributed by atoms with van der Waals surface area (Å²) in [4.78, 5) is 107. The van der Waals surface area contributed by atoms with Crippen molar-refractivity contribution in [3.05, 3.63) is 35.9 Å². The Labute approximate surface area is 366 Å². The largest absolute Gasteiger partial charge is 0.480 e. The smallest absolute Gasteiger partial charge is 0.325 e. The second-order valence-electron chi connectivity index (χ2n) is 15.8. The average Bonchev–Trinajstić information content (AvgIpc) is 3.99. The molecule has 1 saturated carbocycles. The van der Waals surface area contributed by atoms with Crippen LogP contribution in [-0.2, 0) is 38.4 Å². The second-order valence-corrected chi connectivity index (χ2v) is 15.8. The Morgan fingerprint density at radius 1 is 0.667 bits per heavy atom. The number of carboxylic acids is 1. The van der Waals surface area contributed by atoms with Gasteiger partial charge in [-0.2, -0.15) is 0 Å². The van der Waals surface area contributed by atoms with Gasteiger partial charge >= 0.3 is 5.97 Å². The van der Waals surface area contributed by atoms with Gasteiger partial charge in [0.25, 0.3) is 0 Å². The van der Waals surface area contributed by atoms with Gasteiger partial charge in [0.05, 0.1) is 18.2 Å². The third kappa shape index (κ3) is 19.4. The predicted octanol–water partition coefficient (Wildman–Crippen LogP) is -4.26. The molecule has 0 aliphatic heterocycles. The lowest BCUT2D eigenvalue weighted by Gasteiger charge is -2.28. The molecular formula is C40H66N12O11. The third-order valence-electron chi connectivity index (χ3n) is 10.1. The van der Waals surface area contributed by atoms with Gasteiger partial charge in [-0.3, -0.25) is 43.3 Å². The zero-order valence-electron chi connectivity index (χ0n) is 36.2. The summed E-state index contributed by atoms with van der Waals surface area (Å²) in [7, 11) is 0. The third-order valence-corrected chi connectivity index (χ3v) is 10.1. The molecule has 63 heavy (non-hydrogen) atoms. The molecule has 0 unspecified atom stereocenters. The summed E-state index contributed by atoms with van der Waals surface area (Å²) in [5, 5.41) is 48.1. The number of amides is 7. The van der Waals surface area contributed by atoms with Crippen LogP contribution < -0.4 is 60.2 Å². The molecule has 11 atom stereocenters. The van der Waals surface area contributed by atoms with Gasteiger partial charge in [0.15, 0.2) is 5.96 Å². The Morgan fingerprint density at radius 3 is 1.67 bits per heavy atom. The summed E-state index contributed by atoms with van der Waals surface area (Å²) in [5.41, 5.74) is 23.0. The molecule has 1 aromatic rings. The summed E-state index contributed by atoms with van der Waals surface area (Å²) in [5.74, 6) is -7.62. The van der Waals surface area contributed by atoms with Gasteiger partial charge in [-0.05, 0) is 84.7 Å². The molecule has 0 radical (unpaired) electrons. The van der Waals surface area contributed by atoms with Crippen LogP contribution in [-0.4, -0.2) is 142 Å². The van der Waals surface area contributed by atoms with Crippen molar-refractivity contribution in [1.82, 2.24) is 37.2 Å². The van der Waals surface area contributed by atoms with Crippen LogP contribution in [0.3, 0.4) is 0 Å². The molecule has 0 heterocycles. The number of nitrogens with two attached hydrogens (primary N) is 4. The van der Waals surface area contributed by atoms with Crippen molar-refractivity contribution in [3.63, 3.8) is 0 Å². The maximum absolute atomic E-state index is 14.0. The summed E-state index contributed by atoms with van der Waals surface area (Å²) in [6.45, 7) is 5.62. The van der Waals surface area contributed by atoms with Gasteiger partial charge in [-0.1, -0.05) is 30.3 Å². The highest BCUT2D eigenvalue weighted by Crippen LogP contribution is 2.40. The van der Waals surface area contributed by atoms with Crippen LogP contribution in [0.2, 0.25) is 0 Å². The van der Waals surface area contributed by atoms with Crippen molar-refractivity contribution in [2.45, 2.75) is 146 Å². The Bertz CT molecular complexity index is 1740. The predicted molar refractivity (Wildman–Crippen MR) is 230 cm³/mol. The first-order valence-electron chi connectivity index (χ1n) is 20.9. The van der Waals surface area contributed by atoms with Crippen molar-refractivity contribution in [2.75, 3.05) is 13.1 Å². The van der Waals surface area contributed by atoms with Crippen LogP contribution in [0.25, 0.3) is 0 Å². The molecule has 1 aromatic carbocycles. The van der Waals surface area contributed by atoms with E-state index in [0.29, 0.717) is 25.3 Å². The minimum absolute atomic E-state index is 0.00611. The number of benzene rings is 1. The number of hydrogen-bond donors (Lipinski definition) is 14. The highest BCUT2D eigenvalue weighted by Gasteiger charge is 2.38. The lowest BCUT2D eigenvalue weighted by molar-refractivity contribution is -0.142. The fourth-order valence-corrected chi connectivity index (χ4v) is 6.37. The second kappa shape index (κ2) is 26.5. The Morgan fingerprint density at radius 2 is 1.16 bits per heavy atom. The van der Waals surface area contributed by atoms with E-state index in [2.05, 4.69) is 54.3 Å². The van der Waals surface area contributed by atoms with Crippen molar-refractivity contribution in [2.24, 2.45) is 27.9 Å². The number of carboxylic acid groups (broad SMARTS) is 1. The summed E-state index contributed by atoms with van der Waals surface area (Å²) >= 11 is 0. The maximum atomic E-state index is 14.0. The van der Waals surface area contributed by atoms with Crippen LogP contribution in [0.5, 0.6) is 0 Å². The number of guanidine groups is 1. The fourth-order valence-electron chi connectivity index (χ4n) is 6.37. The number of carbonyl (C=O) groups is 8. The molecule has 352 valence electrons. The van der Waals surface area contributed by atoms with Gasteiger partial charge < -0.3 is 75.5 Å². The van der Waals surface area contributed by atoms with E-state index >= 15 is 0 Å². The van der Waals surface area contributed by atoms with Gasteiger partial charge in [-0.25, -0.2) is 0 Å². The van der Waals surface area contributed by atoms with Crippen molar-refractivity contribution in [1.29, 1.82) is 0 Å². The molecular weight excluding hydrogens is 825 g/mol. The number of aliphatic hydroxyl groups is 2. The van der Waals surface area contributed by atoms with E-state index in [1.54, 1.807) is 0 Å². The van der Waals surface area contributed by atoms with Crippen molar-refractivity contribution < 1.29 is 53.7 Å². The average molecular weight is 891 g/mol. The van der Waals surface area contributed by atoms with Crippen molar-refractivity contribution in [3.8, 4) is 0 Å². The first-order chi connectivity index (χ1) is 29.6. The standard InChI is InChI=1S/C40H66N12O11/c1-20(41)33(56)48-27(14-10-18-46-40(43)44)35(58)52-32(23(4)54)38(61)50-26(13-8-9-17-45-29-19-25(29)24-11-6-5-7-12-24)34(57)49-28(15-16-30(42)55)36(59)51-31(22(3)53)37(60)47-21(2)39(62)63/h5-7,11-12,20-23,25-29,31-32,45,53-54H,8-10,13-19,41H2,1-4H3,(H2,42,55)(H,47,60)(H,48,56)(H,49,57)(H,50,61)(H,51,59)(H,52,58)(H,62,63)(H4,43,44,46)/t20-,21-,22+,23+,25-,26-,27-,28-,29+,31-,32-/m0/s1. The van der Waals surface area contributed by atoms with Gasteiger partial charge in [-0.15, -0.1) is 0 Å². The van der Waals surface area contributed by atoms with E-state index in [0.717, 1.165) is 20.3 Å². The van der Waals surface area contributed by atoms with E-state index in [1.807, 2.05) is 18.2 Å². The SMILES string of the molecule is C[C@H](N)C(=O)N[C@@H](CCCN=C(N)N)C(=O)N[C@H](C(=O)N[C@@H](CCCCN[C@@H]1C[C@H]1c1ccccc1)C(=O)N[C@@H](CCC(N)=O)C(=O)N[C@H](C(=O)N[C@@H](C)C(=O)O)[C@@H](C)O)[C@@H](C)O. The molecule has 18 N–H and O–H groups in total. The molecule has 1 fully saturated rings. The topological polar surface area (TPSA) is 398 Å². The Balaban J connectivity index is 2.33. The van der Waals surface area contributed by atoms with Crippen LogP contribution >= 0.6 is 0 Å². The van der Waals surface area contributed by atoms with E-state index < -0.39 is 108 Å². The summed E-state index contributed by atoms with van der Waals surface area (Å²) < 4.78 is 0. The van der Waals surface area contributed by atoms with Crippen molar-refractivity contribution >= 4 is 53.3 Å². The first-order valence-corrected chi connectivity index (χ1v) is 20.9. The molecule has 23 heteroatoms. The molecule has 1 aliphatic carbocycles. The lowest BCUT2D eigenvalue weighted by Crippen LogP contribution is -2.62. The molecule has 0 bridgehead atoms. The minimum Gasteiger partial charge on any atom is -0.480 e. The summed E-state index contributed by atoms with van der Waals surface area (Å²) in [6.07, 6.45) is -1.82. The monoisotopic (exact) mass is 890 g/mol. The number of unbranched alkanes of at least 4 members (excludes halogenated alkanes) is 1. The van der Waals surface area contributed by atoms with Crippen LogP contribution in [0.4, 0.5) is 0 Å². The van der Waals surface area contributed by atoms with E-state index in [1.165, 1.54) is 19.4 Å². The number of aliphatic carboxylic acids is 1. The van der Waals surface area contributed by atoms with E-state index in [9.17, 15) is 53.7 Å². The van der Waals surface area contributed by atoms with Gasteiger partial charge in [0.2, 0.25) is 41.4 Å². The highest BCUT2D eigenvalue weighted by atomic mass is 16.4. The van der Waals surface area contributed by atoms with Gasteiger partial charge in [0.1, 0.15) is 36.3 Å². The number of carbonyl (C=O) groups excluding carboxylic acids is 7. The van der Waals surface area contributed by atoms with Gasteiger partial charge in [0, 0.05) is 24.9 Å². The Hall–Kier alpha value is -5.91. The minimum atomic E-state index is -1.69. The van der Waals surface area contributed by atoms with E-state index in [-0.39, 0.29) is 44.2 Å².